The van der Waals surface area contributed by atoms with Gasteiger partial charge in [-0.15, -0.1) is 0 Å². The Bertz CT molecular complexity index is 637. The summed E-state index contributed by atoms with van der Waals surface area (Å²) < 4.78 is 11.0. The lowest BCUT2D eigenvalue weighted by molar-refractivity contribution is -0.122. The Morgan fingerprint density at radius 2 is 2.24 bits per heavy atom. The molecule has 0 radical (unpaired) electrons. The Balaban J connectivity index is 1.81. The quantitative estimate of drug-likeness (QED) is 0.902. The van der Waals surface area contributed by atoms with E-state index in [4.69, 9.17) is 9.15 Å². The Morgan fingerprint density at radius 3 is 2.95 bits per heavy atom. The van der Waals surface area contributed by atoms with Gasteiger partial charge < -0.3 is 19.8 Å². The summed E-state index contributed by atoms with van der Waals surface area (Å²) in [6.45, 7) is 3.82. The van der Waals surface area contributed by atoms with Crippen LogP contribution in [0.1, 0.15) is 32.1 Å². The number of hydrogen-bond donors (Lipinski definition) is 2. The summed E-state index contributed by atoms with van der Waals surface area (Å²) in [6, 6.07) is 9.60. The monoisotopic (exact) mass is 286 g/mol. The minimum Gasteiger partial charge on any atom is -0.479 e. The van der Waals surface area contributed by atoms with Crippen molar-refractivity contribution in [2.24, 2.45) is 0 Å². The maximum absolute atomic E-state index is 11.7. The highest BCUT2D eigenvalue weighted by Gasteiger charge is 2.23. The molecular weight excluding hydrogens is 268 g/mol. The molecule has 2 heterocycles. The van der Waals surface area contributed by atoms with Gasteiger partial charge in [0.1, 0.15) is 11.5 Å². The van der Waals surface area contributed by atoms with E-state index in [1.165, 1.54) is 0 Å². The van der Waals surface area contributed by atoms with E-state index < -0.39 is 6.10 Å². The molecular formula is C16H18N2O3. The van der Waals surface area contributed by atoms with Gasteiger partial charge in [0.05, 0.1) is 18.0 Å². The molecule has 2 N–H and O–H groups in total. The van der Waals surface area contributed by atoms with Crippen LogP contribution in [-0.4, -0.2) is 12.0 Å². The van der Waals surface area contributed by atoms with Crippen LogP contribution in [0.25, 0.3) is 0 Å². The van der Waals surface area contributed by atoms with E-state index in [0.29, 0.717) is 11.4 Å². The maximum Gasteiger partial charge on any atom is 0.265 e. The van der Waals surface area contributed by atoms with Crippen molar-refractivity contribution in [1.82, 2.24) is 0 Å². The average Bonchev–Trinajstić information content (AvgIpc) is 3.00. The molecule has 2 atom stereocenters. The lowest BCUT2D eigenvalue weighted by Crippen LogP contribution is -2.34. The molecule has 0 bridgehead atoms. The molecule has 1 aliphatic heterocycles. The van der Waals surface area contributed by atoms with Crippen LogP contribution >= 0.6 is 0 Å². The number of nitrogens with one attached hydrogen (secondary N) is 2. The highest BCUT2D eigenvalue weighted by atomic mass is 16.5. The average molecular weight is 286 g/mol. The van der Waals surface area contributed by atoms with Crippen molar-refractivity contribution in [2.75, 3.05) is 10.6 Å². The molecule has 2 aromatic rings. The summed E-state index contributed by atoms with van der Waals surface area (Å²) in [6.07, 6.45) is 2.11. The minimum absolute atomic E-state index is 0.0946. The number of carbonyl (C=O) groups is 1. The topological polar surface area (TPSA) is 63.5 Å². The van der Waals surface area contributed by atoms with Gasteiger partial charge in [0, 0.05) is 5.69 Å². The van der Waals surface area contributed by atoms with E-state index in [1.807, 2.05) is 30.3 Å². The molecule has 2 unspecified atom stereocenters. The van der Waals surface area contributed by atoms with E-state index >= 15 is 0 Å². The fraction of sp³-hybridized carbons (Fsp3) is 0.312. The predicted octanol–water partition coefficient (Wildman–Crippen LogP) is 3.56. The molecule has 0 spiro atoms. The van der Waals surface area contributed by atoms with Crippen LogP contribution in [0.4, 0.5) is 11.4 Å². The largest absolute Gasteiger partial charge is 0.479 e. The van der Waals surface area contributed by atoms with Crippen LogP contribution in [-0.2, 0) is 4.79 Å². The van der Waals surface area contributed by atoms with E-state index in [0.717, 1.165) is 17.9 Å². The third-order valence-corrected chi connectivity index (χ3v) is 3.55. The predicted molar refractivity (Wildman–Crippen MR) is 80.5 cm³/mol. The van der Waals surface area contributed by atoms with Gasteiger partial charge in [-0.25, -0.2) is 0 Å². The zero-order valence-electron chi connectivity index (χ0n) is 12.1. The van der Waals surface area contributed by atoms with Crippen molar-refractivity contribution in [3.8, 4) is 5.75 Å². The lowest BCUT2D eigenvalue weighted by Gasteiger charge is -2.24. The SMILES string of the molecule is CCC(Nc1ccc2c(c1)NC(=O)C(C)O2)c1ccco1. The summed E-state index contributed by atoms with van der Waals surface area (Å²) in [5, 5.41) is 6.26. The molecule has 1 amide bonds. The second kappa shape index (κ2) is 5.52. The molecule has 0 fully saturated rings. The summed E-state index contributed by atoms with van der Waals surface area (Å²) in [4.78, 5) is 11.7. The van der Waals surface area contributed by atoms with Gasteiger partial charge in [0.25, 0.3) is 5.91 Å². The van der Waals surface area contributed by atoms with Crippen LogP contribution in [0.15, 0.2) is 41.0 Å². The van der Waals surface area contributed by atoms with Gasteiger partial charge in [-0.3, -0.25) is 4.79 Å². The van der Waals surface area contributed by atoms with Crippen molar-refractivity contribution in [2.45, 2.75) is 32.4 Å². The van der Waals surface area contributed by atoms with Gasteiger partial charge in [0.2, 0.25) is 0 Å². The zero-order chi connectivity index (χ0) is 14.8. The highest BCUT2D eigenvalue weighted by molar-refractivity contribution is 5.98. The first kappa shape index (κ1) is 13.5. The molecule has 3 rings (SSSR count). The van der Waals surface area contributed by atoms with E-state index in [9.17, 15) is 4.79 Å². The number of hydrogen-bond acceptors (Lipinski definition) is 4. The van der Waals surface area contributed by atoms with Crippen molar-refractivity contribution >= 4 is 17.3 Å². The smallest absolute Gasteiger partial charge is 0.265 e. The number of benzene rings is 1. The first-order valence-corrected chi connectivity index (χ1v) is 7.09. The van der Waals surface area contributed by atoms with Crippen molar-refractivity contribution in [1.29, 1.82) is 0 Å². The number of carbonyl (C=O) groups excluding carboxylic acids is 1. The molecule has 1 aromatic carbocycles. The molecule has 1 aromatic heterocycles. The van der Waals surface area contributed by atoms with Crippen LogP contribution < -0.4 is 15.4 Å². The molecule has 5 heteroatoms. The zero-order valence-corrected chi connectivity index (χ0v) is 12.1. The molecule has 0 saturated heterocycles. The summed E-state index contributed by atoms with van der Waals surface area (Å²) in [7, 11) is 0. The van der Waals surface area contributed by atoms with Gasteiger partial charge >= 0.3 is 0 Å². The van der Waals surface area contributed by atoms with Crippen molar-refractivity contribution < 1.29 is 13.9 Å². The number of furan rings is 1. The van der Waals surface area contributed by atoms with Crippen LogP contribution in [0.3, 0.4) is 0 Å². The molecule has 110 valence electrons. The molecule has 1 aliphatic rings. The normalized spacial score (nSPS) is 18.4. The first-order chi connectivity index (χ1) is 10.2. The summed E-state index contributed by atoms with van der Waals surface area (Å²) in [5.41, 5.74) is 1.60. The highest BCUT2D eigenvalue weighted by Crippen LogP contribution is 2.33. The fourth-order valence-electron chi connectivity index (χ4n) is 2.36. The second-order valence-corrected chi connectivity index (χ2v) is 5.08. The molecule has 21 heavy (non-hydrogen) atoms. The van der Waals surface area contributed by atoms with Crippen molar-refractivity contribution in [3.05, 3.63) is 42.4 Å². The number of rotatable bonds is 4. The first-order valence-electron chi connectivity index (χ1n) is 7.09. The Kier molecular flexibility index (Phi) is 3.56. The van der Waals surface area contributed by atoms with Crippen LogP contribution in [0.2, 0.25) is 0 Å². The van der Waals surface area contributed by atoms with E-state index in [1.54, 1.807) is 13.2 Å². The maximum atomic E-state index is 11.7. The lowest BCUT2D eigenvalue weighted by atomic mass is 10.1. The van der Waals surface area contributed by atoms with Crippen LogP contribution in [0.5, 0.6) is 5.75 Å². The van der Waals surface area contributed by atoms with E-state index in [2.05, 4.69) is 17.6 Å². The number of ether oxygens (including phenoxy) is 1. The third kappa shape index (κ3) is 2.72. The minimum atomic E-state index is -0.456. The number of anilines is 2. The molecule has 5 nitrogen and oxygen atoms in total. The van der Waals surface area contributed by atoms with E-state index in [-0.39, 0.29) is 11.9 Å². The molecule has 0 aliphatic carbocycles. The van der Waals surface area contributed by atoms with Crippen molar-refractivity contribution in [3.63, 3.8) is 0 Å². The van der Waals surface area contributed by atoms with Gasteiger partial charge in [-0.1, -0.05) is 6.92 Å². The van der Waals surface area contributed by atoms with Gasteiger partial charge in [-0.2, -0.15) is 0 Å². The third-order valence-electron chi connectivity index (χ3n) is 3.55. The summed E-state index contributed by atoms with van der Waals surface area (Å²) >= 11 is 0. The second-order valence-electron chi connectivity index (χ2n) is 5.08. The molecule has 0 saturated carbocycles. The standard InChI is InChI=1S/C16H18N2O3/c1-3-12(14-5-4-8-20-14)17-11-6-7-15-13(9-11)18-16(19)10(2)21-15/h4-10,12,17H,3H2,1-2H3,(H,18,19). The van der Waals surface area contributed by atoms with Crippen LogP contribution in [0, 0.1) is 0 Å². The Hall–Kier alpha value is -2.43. The van der Waals surface area contributed by atoms with Gasteiger partial charge in [0.15, 0.2) is 6.10 Å². The summed E-state index contributed by atoms with van der Waals surface area (Å²) in [5.74, 6) is 1.46. The number of amides is 1. The Labute approximate surface area is 123 Å². The Morgan fingerprint density at radius 1 is 1.38 bits per heavy atom. The number of fused-ring (bicyclic) bond motifs is 1. The fourth-order valence-corrected chi connectivity index (χ4v) is 2.36. The van der Waals surface area contributed by atoms with Gasteiger partial charge in [-0.05, 0) is 43.7 Å².